The molecule has 2 nitrogen and oxygen atoms in total. The number of rotatable bonds is 6. The van der Waals surface area contributed by atoms with E-state index in [1.807, 2.05) is 0 Å². The van der Waals surface area contributed by atoms with E-state index in [4.69, 9.17) is 0 Å². The topological polar surface area (TPSA) is 24.9 Å². The van der Waals surface area contributed by atoms with Crippen molar-refractivity contribution in [2.75, 3.05) is 6.54 Å². The van der Waals surface area contributed by atoms with Crippen molar-refractivity contribution < 1.29 is 0 Å². The third-order valence-corrected chi connectivity index (χ3v) is 4.84. The Balaban J connectivity index is 1.76. The van der Waals surface area contributed by atoms with Crippen LogP contribution in [0.3, 0.4) is 0 Å². The van der Waals surface area contributed by atoms with Gasteiger partial charge >= 0.3 is 0 Å². The summed E-state index contributed by atoms with van der Waals surface area (Å²) in [5.41, 5.74) is 1.81. The highest BCUT2D eigenvalue weighted by Gasteiger charge is 2.44. The van der Waals surface area contributed by atoms with Crippen molar-refractivity contribution in [3.63, 3.8) is 0 Å². The number of hydrogen-bond acceptors (Lipinski definition) is 3. The molecule has 2 rings (SSSR count). The highest BCUT2D eigenvalue weighted by molar-refractivity contribution is 7.09. The van der Waals surface area contributed by atoms with Crippen molar-refractivity contribution in [1.29, 1.82) is 0 Å². The lowest BCUT2D eigenvalue weighted by atomic mass is 9.92. The van der Waals surface area contributed by atoms with Gasteiger partial charge in [0.25, 0.3) is 0 Å². The second-order valence-corrected chi connectivity index (χ2v) is 6.15. The zero-order chi connectivity index (χ0) is 11.6. The highest BCUT2D eigenvalue weighted by atomic mass is 32.1. The molecule has 0 aromatic carbocycles. The molecule has 0 aliphatic heterocycles. The van der Waals surface area contributed by atoms with Gasteiger partial charge in [-0.25, -0.2) is 4.98 Å². The van der Waals surface area contributed by atoms with Gasteiger partial charge in [0.1, 0.15) is 0 Å². The highest BCUT2D eigenvalue weighted by Crippen LogP contribution is 2.51. The van der Waals surface area contributed by atoms with Gasteiger partial charge in [0.15, 0.2) is 0 Å². The predicted octanol–water partition coefficient (Wildman–Crippen LogP) is 3.23. The minimum atomic E-state index is 0.601. The molecule has 0 unspecified atom stereocenters. The second-order valence-electron chi connectivity index (χ2n) is 5.21. The molecule has 1 aromatic heterocycles. The number of nitrogens with zero attached hydrogens (tertiary/aromatic N) is 1. The molecule has 16 heavy (non-hydrogen) atoms. The van der Waals surface area contributed by atoms with Gasteiger partial charge in [-0.2, -0.15) is 0 Å². The first-order valence-corrected chi connectivity index (χ1v) is 7.18. The molecule has 0 atom stereocenters. The first-order valence-electron chi connectivity index (χ1n) is 6.30. The molecule has 0 radical (unpaired) electrons. The largest absolute Gasteiger partial charge is 0.311 e. The van der Waals surface area contributed by atoms with E-state index in [2.05, 4.69) is 36.5 Å². The van der Waals surface area contributed by atoms with Gasteiger partial charge in [0.05, 0.1) is 10.7 Å². The lowest BCUT2D eigenvalue weighted by Gasteiger charge is -2.19. The molecular formula is C13H22N2S. The molecule has 90 valence electrons. The Kier molecular flexibility index (Phi) is 3.65. The predicted molar refractivity (Wildman–Crippen MR) is 69.7 cm³/mol. The number of aromatic nitrogens is 1. The first kappa shape index (κ1) is 12.1. The molecule has 1 heterocycles. The average molecular weight is 238 g/mol. The van der Waals surface area contributed by atoms with Gasteiger partial charge in [0, 0.05) is 18.5 Å². The lowest BCUT2D eigenvalue weighted by molar-refractivity contribution is 0.337. The van der Waals surface area contributed by atoms with Gasteiger partial charge in [-0.15, -0.1) is 11.3 Å². The molecule has 1 aromatic rings. The van der Waals surface area contributed by atoms with Crippen molar-refractivity contribution in [3.05, 3.63) is 16.1 Å². The van der Waals surface area contributed by atoms with Crippen LogP contribution in [0.5, 0.6) is 0 Å². The normalized spacial score (nSPS) is 18.0. The van der Waals surface area contributed by atoms with Gasteiger partial charge in [-0.3, -0.25) is 0 Å². The minimum Gasteiger partial charge on any atom is -0.311 e. The van der Waals surface area contributed by atoms with E-state index < -0.39 is 0 Å². The summed E-state index contributed by atoms with van der Waals surface area (Å²) in [7, 11) is 0. The average Bonchev–Trinajstić information content (AvgIpc) is 2.91. The summed E-state index contributed by atoms with van der Waals surface area (Å²) in [6.45, 7) is 8.93. The maximum absolute atomic E-state index is 4.57. The molecule has 0 spiro atoms. The zero-order valence-corrected chi connectivity index (χ0v) is 11.4. The minimum absolute atomic E-state index is 0.601. The van der Waals surface area contributed by atoms with Gasteiger partial charge in [-0.05, 0) is 30.6 Å². The Morgan fingerprint density at radius 1 is 1.50 bits per heavy atom. The van der Waals surface area contributed by atoms with Crippen LogP contribution in [0.1, 0.15) is 44.3 Å². The first-order chi connectivity index (χ1) is 7.66. The Bertz CT molecular complexity index is 339. The van der Waals surface area contributed by atoms with E-state index in [0.29, 0.717) is 5.41 Å². The van der Waals surface area contributed by atoms with E-state index >= 15 is 0 Å². The zero-order valence-electron chi connectivity index (χ0n) is 10.5. The third kappa shape index (κ3) is 2.64. The van der Waals surface area contributed by atoms with E-state index in [9.17, 15) is 0 Å². The van der Waals surface area contributed by atoms with Crippen molar-refractivity contribution in [2.45, 2.75) is 46.6 Å². The van der Waals surface area contributed by atoms with Crippen LogP contribution >= 0.6 is 11.3 Å². The van der Waals surface area contributed by atoms with Crippen molar-refractivity contribution >= 4 is 11.3 Å². The SMILES string of the molecule is CCc1nc(CNCC2(C(C)C)CC2)cs1. The smallest absolute Gasteiger partial charge is 0.0926 e. The lowest BCUT2D eigenvalue weighted by Crippen LogP contribution is -2.27. The Labute approximate surface area is 102 Å². The molecule has 1 saturated carbocycles. The fourth-order valence-corrected chi connectivity index (χ4v) is 2.90. The van der Waals surface area contributed by atoms with E-state index in [-0.39, 0.29) is 0 Å². The summed E-state index contributed by atoms with van der Waals surface area (Å²) < 4.78 is 0. The maximum Gasteiger partial charge on any atom is 0.0926 e. The Hall–Kier alpha value is -0.410. The Morgan fingerprint density at radius 2 is 2.25 bits per heavy atom. The molecule has 1 fully saturated rings. The summed E-state index contributed by atoms with van der Waals surface area (Å²) in [6, 6.07) is 0. The molecule has 0 saturated heterocycles. The fraction of sp³-hybridized carbons (Fsp3) is 0.769. The number of hydrogen-bond donors (Lipinski definition) is 1. The van der Waals surface area contributed by atoms with Crippen LogP contribution in [-0.2, 0) is 13.0 Å². The summed E-state index contributed by atoms with van der Waals surface area (Å²) >= 11 is 1.78. The third-order valence-electron chi connectivity index (χ3n) is 3.80. The summed E-state index contributed by atoms with van der Waals surface area (Å²) in [5, 5.41) is 7.00. The van der Waals surface area contributed by atoms with Crippen LogP contribution < -0.4 is 5.32 Å². The molecule has 1 N–H and O–H groups in total. The standard InChI is InChI=1S/C13H22N2S/c1-4-12-15-11(8-16-12)7-14-9-13(5-6-13)10(2)3/h8,10,14H,4-7,9H2,1-3H3. The van der Waals surface area contributed by atoms with E-state index in [0.717, 1.165) is 25.4 Å². The fourth-order valence-electron chi connectivity index (χ4n) is 2.15. The van der Waals surface area contributed by atoms with Crippen LogP contribution in [0.15, 0.2) is 5.38 Å². The monoisotopic (exact) mass is 238 g/mol. The molecule has 0 amide bonds. The van der Waals surface area contributed by atoms with Gasteiger partial charge < -0.3 is 5.32 Å². The summed E-state index contributed by atoms with van der Waals surface area (Å²) in [6.07, 6.45) is 3.85. The molecule has 1 aliphatic rings. The van der Waals surface area contributed by atoms with Gasteiger partial charge in [0.2, 0.25) is 0 Å². The molecular weight excluding hydrogens is 216 g/mol. The van der Waals surface area contributed by atoms with Crippen LogP contribution in [-0.4, -0.2) is 11.5 Å². The van der Waals surface area contributed by atoms with E-state index in [1.165, 1.54) is 23.5 Å². The Morgan fingerprint density at radius 3 is 2.75 bits per heavy atom. The van der Waals surface area contributed by atoms with Crippen molar-refractivity contribution in [3.8, 4) is 0 Å². The maximum atomic E-state index is 4.57. The number of thiazole rings is 1. The second kappa shape index (κ2) is 4.84. The summed E-state index contributed by atoms with van der Waals surface area (Å²) in [5.74, 6) is 0.807. The molecule has 3 heteroatoms. The van der Waals surface area contributed by atoms with Crippen LogP contribution in [0.2, 0.25) is 0 Å². The quantitative estimate of drug-likeness (QED) is 0.823. The van der Waals surface area contributed by atoms with Crippen molar-refractivity contribution in [1.82, 2.24) is 10.3 Å². The van der Waals surface area contributed by atoms with E-state index in [1.54, 1.807) is 11.3 Å². The van der Waals surface area contributed by atoms with Gasteiger partial charge in [-0.1, -0.05) is 20.8 Å². The molecule has 0 bridgehead atoms. The number of nitrogens with one attached hydrogen (secondary N) is 1. The number of aryl methyl sites for hydroxylation is 1. The van der Waals surface area contributed by atoms with Crippen LogP contribution in [0.25, 0.3) is 0 Å². The van der Waals surface area contributed by atoms with Crippen molar-refractivity contribution in [2.24, 2.45) is 11.3 Å². The summed E-state index contributed by atoms with van der Waals surface area (Å²) in [4.78, 5) is 4.57. The molecule has 1 aliphatic carbocycles. The van der Waals surface area contributed by atoms with Crippen LogP contribution in [0.4, 0.5) is 0 Å². The van der Waals surface area contributed by atoms with Crippen LogP contribution in [0, 0.1) is 11.3 Å².